The van der Waals surface area contributed by atoms with Gasteiger partial charge in [0.05, 0.1) is 12.3 Å². The molecule has 0 aromatic rings. The monoisotopic (exact) mass is 255 g/mol. The maximum Gasteiger partial charge on any atom is 0.0732 e. The van der Waals surface area contributed by atoms with Gasteiger partial charge in [0, 0.05) is 13.2 Å². The fraction of sp³-hybridized carbons (Fsp3) is 1.00. The van der Waals surface area contributed by atoms with Crippen molar-refractivity contribution in [3.8, 4) is 0 Å². The number of nitrogens with zero attached hydrogens (tertiary/aromatic N) is 1. The van der Waals surface area contributed by atoms with E-state index in [9.17, 15) is 0 Å². The highest BCUT2D eigenvalue weighted by Gasteiger charge is 2.36. The largest absolute Gasteiger partial charge is 0.292 e. The van der Waals surface area contributed by atoms with Crippen LogP contribution >= 0.6 is 0 Å². The maximum absolute atomic E-state index is 3.78. The van der Waals surface area contributed by atoms with Crippen molar-refractivity contribution in [2.75, 3.05) is 19.9 Å². The van der Waals surface area contributed by atoms with Crippen LogP contribution in [0.5, 0.6) is 0 Å². The van der Waals surface area contributed by atoms with Gasteiger partial charge in [-0.25, -0.2) is 0 Å². The summed E-state index contributed by atoms with van der Waals surface area (Å²) < 4.78 is 0. The molecule has 0 spiro atoms. The van der Waals surface area contributed by atoms with Gasteiger partial charge >= 0.3 is 0 Å². The van der Waals surface area contributed by atoms with Crippen LogP contribution in [0.25, 0.3) is 0 Å². The van der Waals surface area contributed by atoms with Crippen LogP contribution < -0.4 is 10.6 Å². The summed E-state index contributed by atoms with van der Waals surface area (Å²) in [4.78, 5) is 2.66. The fourth-order valence-corrected chi connectivity index (χ4v) is 2.88. The molecule has 1 heterocycles. The first-order chi connectivity index (χ1) is 8.79. The molecule has 0 atom stereocenters. The lowest BCUT2D eigenvalue weighted by molar-refractivity contribution is -0.00540. The van der Waals surface area contributed by atoms with E-state index in [1.807, 2.05) is 0 Å². The topological polar surface area (TPSA) is 27.3 Å². The molecule has 0 amide bonds. The van der Waals surface area contributed by atoms with Crippen molar-refractivity contribution in [2.24, 2.45) is 0 Å². The smallest absolute Gasteiger partial charge is 0.0732 e. The molecule has 1 rings (SSSR count). The molecule has 0 unspecified atom stereocenters. The van der Waals surface area contributed by atoms with Gasteiger partial charge in [-0.1, -0.05) is 52.9 Å². The molecular formula is C15H33N3. The van der Waals surface area contributed by atoms with E-state index >= 15 is 0 Å². The van der Waals surface area contributed by atoms with E-state index in [2.05, 4.69) is 36.3 Å². The van der Waals surface area contributed by atoms with E-state index in [0.29, 0.717) is 0 Å². The van der Waals surface area contributed by atoms with E-state index in [1.165, 1.54) is 57.9 Å². The Balaban J connectivity index is 2.65. The quantitative estimate of drug-likeness (QED) is 0.662. The molecule has 3 nitrogen and oxygen atoms in total. The molecule has 0 aliphatic carbocycles. The summed E-state index contributed by atoms with van der Waals surface area (Å²) in [5, 5.41) is 7.24. The molecule has 1 fully saturated rings. The highest BCUT2D eigenvalue weighted by molar-refractivity contribution is 4.90. The maximum atomic E-state index is 3.78. The Kier molecular flexibility index (Phi) is 7.87. The Morgan fingerprint density at radius 1 is 0.944 bits per heavy atom. The van der Waals surface area contributed by atoms with Gasteiger partial charge < -0.3 is 0 Å². The summed E-state index contributed by atoms with van der Waals surface area (Å²) in [5.74, 6) is 0. The summed E-state index contributed by atoms with van der Waals surface area (Å²) in [7, 11) is 0. The van der Waals surface area contributed by atoms with Crippen molar-refractivity contribution in [1.29, 1.82) is 0 Å². The first-order valence-corrected chi connectivity index (χ1v) is 8.00. The van der Waals surface area contributed by atoms with Crippen molar-refractivity contribution in [3.05, 3.63) is 0 Å². The van der Waals surface area contributed by atoms with Crippen molar-refractivity contribution in [3.63, 3.8) is 0 Å². The van der Waals surface area contributed by atoms with Gasteiger partial charge in [0.25, 0.3) is 0 Å². The van der Waals surface area contributed by atoms with Crippen LogP contribution in [0.3, 0.4) is 0 Å². The number of hydrogen-bond acceptors (Lipinski definition) is 3. The zero-order chi connectivity index (χ0) is 13.3. The molecule has 0 aromatic carbocycles. The van der Waals surface area contributed by atoms with Gasteiger partial charge in [0.15, 0.2) is 0 Å². The molecule has 0 bridgehead atoms. The van der Waals surface area contributed by atoms with Crippen molar-refractivity contribution < 1.29 is 0 Å². The van der Waals surface area contributed by atoms with E-state index in [0.717, 1.165) is 13.3 Å². The zero-order valence-electron chi connectivity index (χ0n) is 12.7. The number of unbranched alkanes of at least 4 members (excludes halogenated alkanes) is 3. The molecule has 108 valence electrons. The van der Waals surface area contributed by atoms with E-state index in [-0.39, 0.29) is 5.66 Å². The highest BCUT2D eigenvalue weighted by Crippen LogP contribution is 2.27. The second kappa shape index (κ2) is 8.89. The summed E-state index contributed by atoms with van der Waals surface area (Å²) in [6.45, 7) is 10.1. The van der Waals surface area contributed by atoms with E-state index < -0.39 is 0 Å². The first-order valence-electron chi connectivity index (χ1n) is 8.00. The first kappa shape index (κ1) is 15.9. The van der Waals surface area contributed by atoms with Crippen LogP contribution in [0.4, 0.5) is 0 Å². The third-order valence-corrected chi connectivity index (χ3v) is 4.12. The van der Waals surface area contributed by atoms with Gasteiger partial charge in [-0.15, -0.1) is 0 Å². The molecule has 0 aromatic heterocycles. The minimum Gasteiger partial charge on any atom is -0.292 e. The van der Waals surface area contributed by atoms with Crippen molar-refractivity contribution >= 4 is 0 Å². The van der Waals surface area contributed by atoms with Crippen LogP contribution in [0.1, 0.15) is 72.1 Å². The minimum atomic E-state index is 0.270. The van der Waals surface area contributed by atoms with Crippen LogP contribution in [-0.2, 0) is 0 Å². The van der Waals surface area contributed by atoms with Gasteiger partial charge in [-0.2, -0.15) is 0 Å². The lowest BCUT2D eigenvalue weighted by Gasteiger charge is -2.49. The second-order valence-corrected chi connectivity index (χ2v) is 5.62. The average Bonchev–Trinajstić information content (AvgIpc) is 2.42. The summed E-state index contributed by atoms with van der Waals surface area (Å²) >= 11 is 0. The number of hydrogen-bond donors (Lipinski definition) is 2. The Bertz CT molecular complexity index is 198. The normalized spacial score (nSPS) is 20.2. The third kappa shape index (κ3) is 4.52. The predicted octanol–water partition coefficient (Wildman–Crippen LogP) is 3.27. The third-order valence-electron chi connectivity index (χ3n) is 4.12. The number of rotatable bonds is 9. The Morgan fingerprint density at radius 3 is 2.11 bits per heavy atom. The average molecular weight is 255 g/mol. The Labute approximate surface area is 114 Å². The molecule has 0 saturated carbocycles. The molecule has 1 aliphatic rings. The standard InChI is InChI=1S/C15H33N3/c1-4-7-10-15(11-8-5-2)17-13-16-14-18(15)12-9-6-3/h16-17H,4-14H2,1-3H3. The summed E-state index contributed by atoms with van der Waals surface area (Å²) in [6, 6.07) is 0. The molecule has 0 radical (unpaired) electrons. The van der Waals surface area contributed by atoms with Gasteiger partial charge in [-0.05, 0) is 19.3 Å². The van der Waals surface area contributed by atoms with Crippen LogP contribution in [-0.4, -0.2) is 30.4 Å². The molecule has 3 heteroatoms. The predicted molar refractivity (Wildman–Crippen MR) is 79.4 cm³/mol. The number of nitrogens with one attached hydrogen (secondary N) is 2. The van der Waals surface area contributed by atoms with Crippen LogP contribution in [0.15, 0.2) is 0 Å². The van der Waals surface area contributed by atoms with Gasteiger partial charge in [0.1, 0.15) is 0 Å². The van der Waals surface area contributed by atoms with E-state index in [4.69, 9.17) is 0 Å². The fourth-order valence-electron chi connectivity index (χ4n) is 2.88. The lowest BCUT2D eigenvalue weighted by atomic mass is 9.93. The zero-order valence-corrected chi connectivity index (χ0v) is 12.7. The molecule has 2 N–H and O–H groups in total. The van der Waals surface area contributed by atoms with Gasteiger partial charge in [0.2, 0.25) is 0 Å². The van der Waals surface area contributed by atoms with E-state index in [1.54, 1.807) is 0 Å². The van der Waals surface area contributed by atoms with Crippen molar-refractivity contribution in [1.82, 2.24) is 15.5 Å². The van der Waals surface area contributed by atoms with Crippen molar-refractivity contribution in [2.45, 2.75) is 77.8 Å². The highest BCUT2D eigenvalue weighted by atomic mass is 15.4. The second-order valence-electron chi connectivity index (χ2n) is 5.62. The Hall–Kier alpha value is -0.120. The summed E-state index contributed by atoms with van der Waals surface area (Å²) in [5.41, 5.74) is 0.270. The van der Waals surface area contributed by atoms with Crippen LogP contribution in [0, 0.1) is 0 Å². The molecular weight excluding hydrogens is 222 g/mol. The molecule has 18 heavy (non-hydrogen) atoms. The molecule has 1 saturated heterocycles. The molecule has 1 aliphatic heterocycles. The van der Waals surface area contributed by atoms with Crippen LogP contribution in [0.2, 0.25) is 0 Å². The van der Waals surface area contributed by atoms with Gasteiger partial charge in [-0.3, -0.25) is 15.5 Å². The minimum absolute atomic E-state index is 0.270. The lowest BCUT2D eigenvalue weighted by Crippen LogP contribution is -2.67. The summed E-state index contributed by atoms with van der Waals surface area (Å²) in [6.07, 6.45) is 10.5. The SMILES string of the molecule is CCCCN1CNCNC1(CCCC)CCCC. The Morgan fingerprint density at radius 2 is 1.56 bits per heavy atom.